The van der Waals surface area contributed by atoms with Gasteiger partial charge < -0.3 is 5.32 Å². The number of anilines is 1. The van der Waals surface area contributed by atoms with E-state index in [0.717, 1.165) is 10.7 Å². The van der Waals surface area contributed by atoms with Crippen molar-refractivity contribution in [1.82, 2.24) is 25.1 Å². The van der Waals surface area contributed by atoms with Gasteiger partial charge in [0.1, 0.15) is 22.6 Å². The number of rotatable bonds is 4. The van der Waals surface area contributed by atoms with E-state index in [2.05, 4.69) is 30.5 Å². The number of halogens is 1. The van der Waals surface area contributed by atoms with Crippen molar-refractivity contribution >= 4 is 28.8 Å². The minimum atomic E-state index is 0.414. The Balaban J connectivity index is 1.69. The second-order valence-corrected chi connectivity index (χ2v) is 5.39. The predicted octanol–water partition coefficient (Wildman–Crippen LogP) is 2.90. The van der Waals surface area contributed by atoms with E-state index in [9.17, 15) is 0 Å². The number of nitrogens with one attached hydrogen (secondary N) is 2. The first-order valence-corrected chi connectivity index (χ1v) is 7.17. The van der Waals surface area contributed by atoms with Crippen LogP contribution in [0.25, 0.3) is 10.7 Å². The third kappa shape index (κ3) is 2.94. The summed E-state index contributed by atoms with van der Waals surface area (Å²) in [5, 5.41) is 12.6. The Labute approximate surface area is 124 Å². The Morgan fingerprint density at radius 3 is 3.00 bits per heavy atom. The van der Waals surface area contributed by atoms with Crippen LogP contribution in [0.15, 0.2) is 23.6 Å². The van der Waals surface area contributed by atoms with Crippen LogP contribution in [0.5, 0.6) is 0 Å². The number of aryl methyl sites for hydroxylation is 1. The zero-order valence-electron chi connectivity index (χ0n) is 10.6. The van der Waals surface area contributed by atoms with Gasteiger partial charge in [-0.2, -0.15) is 5.10 Å². The number of hydrogen-bond donors (Lipinski definition) is 2. The predicted molar refractivity (Wildman–Crippen MR) is 78.8 cm³/mol. The van der Waals surface area contributed by atoms with Gasteiger partial charge in [0.05, 0.1) is 11.4 Å². The molecular formula is C12H11ClN6S. The van der Waals surface area contributed by atoms with Gasteiger partial charge in [-0.1, -0.05) is 17.7 Å². The lowest BCUT2D eigenvalue weighted by atomic mass is 10.4. The Bertz CT molecular complexity index is 688. The van der Waals surface area contributed by atoms with Crippen molar-refractivity contribution in [2.24, 2.45) is 0 Å². The molecule has 2 N–H and O–H groups in total. The van der Waals surface area contributed by atoms with Gasteiger partial charge in [0.25, 0.3) is 0 Å². The Kier molecular flexibility index (Phi) is 3.62. The fraction of sp³-hybridized carbons (Fsp3) is 0.167. The summed E-state index contributed by atoms with van der Waals surface area (Å²) in [4.78, 5) is 13.7. The fourth-order valence-corrected chi connectivity index (χ4v) is 2.57. The first kappa shape index (κ1) is 13.0. The molecule has 0 atom stereocenters. The maximum Gasteiger partial charge on any atom is 0.191 e. The number of hydrogen-bond acceptors (Lipinski definition) is 6. The topological polar surface area (TPSA) is 79.4 Å². The van der Waals surface area contributed by atoms with Crippen LogP contribution in [-0.4, -0.2) is 25.1 Å². The number of aromatic nitrogens is 5. The van der Waals surface area contributed by atoms with Gasteiger partial charge in [0.2, 0.25) is 0 Å². The van der Waals surface area contributed by atoms with Crippen molar-refractivity contribution in [2.45, 2.75) is 13.5 Å². The molecule has 0 saturated heterocycles. The lowest BCUT2D eigenvalue weighted by Crippen LogP contribution is -2.04. The van der Waals surface area contributed by atoms with Crippen LogP contribution in [0.2, 0.25) is 5.15 Å². The molecule has 3 heterocycles. The summed E-state index contributed by atoms with van der Waals surface area (Å²) in [6.07, 6.45) is 0. The van der Waals surface area contributed by atoms with E-state index in [1.807, 2.05) is 17.5 Å². The van der Waals surface area contributed by atoms with E-state index in [1.54, 1.807) is 24.3 Å². The van der Waals surface area contributed by atoms with Gasteiger partial charge in [-0.05, 0) is 18.4 Å². The molecule has 0 aliphatic heterocycles. The Morgan fingerprint density at radius 2 is 2.25 bits per heavy atom. The first-order valence-electron chi connectivity index (χ1n) is 5.91. The minimum Gasteiger partial charge on any atom is -0.363 e. The van der Waals surface area contributed by atoms with Gasteiger partial charge in [0.15, 0.2) is 5.82 Å². The largest absolute Gasteiger partial charge is 0.363 e. The van der Waals surface area contributed by atoms with Gasteiger partial charge >= 0.3 is 0 Å². The zero-order valence-corrected chi connectivity index (χ0v) is 12.2. The molecule has 3 rings (SSSR count). The second kappa shape index (κ2) is 5.56. The molecular weight excluding hydrogens is 296 g/mol. The van der Waals surface area contributed by atoms with Gasteiger partial charge in [-0.25, -0.2) is 15.0 Å². The minimum absolute atomic E-state index is 0.414. The van der Waals surface area contributed by atoms with Gasteiger partial charge in [-0.3, -0.25) is 5.10 Å². The summed E-state index contributed by atoms with van der Waals surface area (Å²) < 4.78 is 0. The van der Waals surface area contributed by atoms with Crippen LogP contribution < -0.4 is 5.32 Å². The maximum atomic E-state index is 5.88. The third-order valence-electron chi connectivity index (χ3n) is 2.52. The fourth-order valence-electron chi connectivity index (χ4n) is 1.69. The van der Waals surface area contributed by atoms with E-state index in [4.69, 9.17) is 11.6 Å². The molecule has 0 aliphatic carbocycles. The van der Waals surface area contributed by atoms with E-state index in [1.165, 1.54) is 0 Å². The molecule has 102 valence electrons. The quantitative estimate of drug-likeness (QED) is 0.725. The SMILES string of the molecule is Cc1nc(Cl)cc(NCc2nc(-c3cccs3)n[nH]2)n1. The van der Waals surface area contributed by atoms with Crippen molar-refractivity contribution in [3.8, 4) is 10.7 Å². The highest BCUT2D eigenvalue weighted by molar-refractivity contribution is 7.13. The smallest absolute Gasteiger partial charge is 0.191 e. The van der Waals surface area contributed by atoms with Crippen LogP contribution in [-0.2, 0) is 6.54 Å². The third-order valence-corrected chi connectivity index (χ3v) is 3.58. The molecule has 0 saturated carbocycles. The summed E-state index contributed by atoms with van der Waals surface area (Å²) in [7, 11) is 0. The molecule has 0 amide bonds. The van der Waals surface area contributed by atoms with Crippen molar-refractivity contribution in [2.75, 3.05) is 5.32 Å². The monoisotopic (exact) mass is 306 g/mol. The number of H-pyrrole nitrogens is 1. The van der Waals surface area contributed by atoms with Crippen molar-refractivity contribution in [3.63, 3.8) is 0 Å². The molecule has 6 nitrogen and oxygen atoms in total. The summed E-state index contributed by atoms with van der Waals surface area (Å²) >= 11 is 7.48. The summed E-state index contributed by atoms with van der Waals surface area (Å²) in [6.45, 7) is 2.28. The average molecular weight is 307 g/mol. The molecule has 0 aromatic carbocycles. The molecule has 0 aliphatic rings. The highest BCUT2D eigenvalue weighted by Gasteiger charge is 2.07. The average Bonchev–Trinajstić information content (AvgIpc) is 3.06. The van der Waals surface area contributed by atoms with Gasteiger partial charge in [0, 0.05) is 6.07 Å². The van der Waals surface area contributed by atoms with E-state index in [0.29, 0.717) is 29.2 Å². The maximum absolute atomic E-state index is 5.88. The molecule has 0 bridgehead atoms. The molecule has 8 heteroatoms. The number of nitrogens with zero attached hydrogens (tertiary/aromatic N) is 4. The van der Waals surface area contributed by atoms with Gasteiger partial charge in [-0.15, -0.1) is 11.3 Å². The van der Waals surface area contributed by atoms with Crippen molar-refractivity contribution in [3.05, 3.63) is 40.4 Å². The Hall–Kier alpha value is -1.99. The lowest BCUT2D eigenvalue weighted by molar-refractivity contribution is 0.938. The van der Waals surface area contributed by atoms with Crippen LogP contribution in [0.3, 0.4) is 0 Å². The molecule has 0 spiro atoms. The normalized spacial score (nSPS) is 10.7. The summed E-state index contributed by atoms with van der Waals surface area (Å²) in [5.41, 5.74) is 0. The van der Waals surface area contributed by atoms with Crippen LogP contribution in [0, 0.1) is 6.92 Å². The first-order chi connectivity index (χ1) is 9.70. The molecule has 3 aromatic heterocycles. The van der Waals surface area contributed by atoms with Crippen LogP contribution in [0.4, 0.5) is 5.82 Å². The molecule has 0 radical (unpaired) electrons. The number of thiophene rings is 1. The number of aromatic amines is 1. The van der Waals surface area contributed by atoms with Crippen molar-refractivity contribution < 1.29 is 0 Å². The van der Waals surface area contributed by atoms with E-state index >= 15 is 0 Å². The highest BCUT2D eigenvalue weighted by atomic mass is 35.5. The van der Waals surface area contributed by atoms with Crippen LogP contribution >= 0.6 is 22.9 Å². The standard InChI is InChI=1S/C12H11ClN6S/c1-7-15-9(13)5-10(16-7)14-6-11-17-12(19-18-11)8-3-2-4-20-8/h2-5H,6H2,1H3,(H,14,15,16)(H,17,18,19). The molecule has 3 aromatic rings. The molecule has 0 unspecified atom stereocenters. The summed E-state index contributed by atoms with van der Waals surface area (Å²) in [6, 6.07) is 5.63. The highest BCUT2D eigenvalue weighted by Crippen LogP contribution is 2.20. The van der Waals surface area contributed by atoms with Crippen molar-refractivity contribution in [1.29, 1.82) is 0 Å². The zero-order chi connectivity index (χ0) is 13.9. The van der Waals surface area contributed by atoms with E-state index < -0.39 is 0 Å². The molecule has 20 heavy (non-hydrogen) atoms. The lowest BCUT2D eigenvalue weighted by Gasteiger charge is -2.04. The second-order valence-electron chi connectivity index (χ2n) is 4.06. The molecule has 0 fully saturated rings. The van der Waals surface area contributed by atoms with Crippen LogP contribution in [0.1, 0.15) is 11.6 Å². The Morgan fingerprint density at radius 1 is 1.35 bits per heavy atom. The van der Waals surface area contributed by atoms with E-state index in [-0.39, 0.29) is 0 Å². The summed E-state index contributed by atoms with van der Waals surface area (Å²) in [5.74, 6) is 2.72.